The molecule has 0 rings (SSSR count). The summed E-state index contributed by atoms with van der Waals surface area (Å²) in [4.78, 5) is 20.7. The second kappa shape index (κ2) is 5.54. The normalized spacial score (nSPS) is 12.2. The van der Waals surface area contributed by atoms with Gasteiger partial charge in [-0.15, -0.1) is 0 Å². The lowest BCUT2D eigenvalue weighted by Crippen LogP contribution is -2.29. The number of hydrogen-bond acceptors (Lipinski definition) is 4. The zero-order chi connectivity index (χ0) is 9.56. The van der Waals surface area contributed by atoms with Gasteiger partial charge in [0.2, 0.25) is 0 Å². The Bertz CT molecular complexity index is 167. The summed E-state index contributed by atoms with van der Waals surface area (Å²) in [6, 6.07) is -0.644. The van der Waals surface area contributed by atoms with Gasteiger partial charge < -0.3 is 15.6 Å². The molecule has 0 aromatic heterocycles. The Kier molecular flexibility index (Phi) is 5.03. The smallest absolute Gasteiger partial charge is 0.322 e. The van der Waals surface area contributed by atoms with Crippen molar-refractivity contribution in [3.05, 3.63) is 0 Å². The number of carboxylic acid groups (broad SMARTS) is 1. The van der Waals surface area contributed by atoms with E-state index in [4.69, 9.17) is 10.8 Å². The minimum Gasteiger partial charge on any atom is -0.481 e. The molecule has 70 valence electrons. The van der Waals surface area contributed by atoms with Crippen molar-refractivity contribution in [2.75, 3.05) is 6.61 Å². The van der Waals surface area contributed by atoms with E-state index in [0.29, 0.717) is 6.42 Å². The summed E-state index contributed by atoms with van der Waals surface area (Å²) in [6.45, 7) is 1.63. The summed E-state index contributed by atoms with van der Waals surface area (Å²) in [6.07, 6.45) is 0.333. The number of carbonyl (C=O) groups excluding carboxylic acids is 1. The first-order valence-corrected chi connectivity index (χ1v) is 3.68. The number of ether oxygens (including phenoxy) is 1. The zero-order valence-corrected chi connectivity index (χ0v) is 6.95. The SMILES string of the molecule is CC(N)C(=O)OCCCC(=O)O. The van der Waals surface area contributed by atoms with Gasteiger partial charge >= 0.3 is 11.9 Å². The summed E-state index contributed by atoms with van der Waals surface area (Å²) >= 11 is 0. The Morgan fingerprint density at radius 2 is 2.17 bits per heavy atom. The number of rotatable bonds is 5. The Balaban J connectivity index is 3.32. The molecule has 12 heavy (non-hydrogen) atoms. The van der Waals surface area contributed by atoms with Crippen molar-refractivity contribution >= 4 is 11.9 Å². The highest BCUT2D eigenvalue weighted by molar-refractivity contribution is 5.74. The van der Waals surface area contributed by atoms with Gasteiger partial charge in [-0.2, -0.15) is 0 Å². The lowest BCUT2D eigenvalue weighted by molar-refractivity contribution is -0.146. The van der Waals surface area contributed by atoms with Gasteiger partial charge in [0.15, 0.2) is 0 Å². The average molecular weight is 175 g/mol. The molecule has 0 aliphatic heterocycles. The zero-order valence-electron chi connectivity index (χ0n) is 6.95. The van der Waals surface area contributed by atoms with E-state index in [1.54, 1.807) is 0 Å². The molecular weight excluding hydrogens is 162 g/mol. The van der Waals surface area contributed by atoms with Crippen LogP contribution in [0.5, 0.6) is 0 Å². The molecule has 0 aliphatic carbocycles. The van der Waals surface area contributed by atoms with Gasteiger partial charge in [-0.05, 0) is 13.3 Å². The summed E-state index contributed by atoms with van der Waals surface area (Å²) in [5.41, 5.74) is 5.19. The number of nitrogens with two attached hydrogens (primary N) is 1. The van der Waals surface area contributed by atoms with Crippen molar-refractivity contribution in [3.8, 4) is 0 Å². The highest BCUT2D eigenvalue weighted by Gasteiger charge is 2.07. The van der Waals surface area contributed by atoms with Crippen molar-refractivity contribution in [1.29, 1.82) is 0 Å². The third kappa shape index (κ3) is 5.67. The van der Waals surface area contributed by atoms with Crippen molar-refractivity contribution in [3.63, 3.8) is 0 Å². The van der Waals surface area contributed by atoms with Crippen LogP contribution >= 0.6 is 0 Å². The molecule has 0 saturated heterocycles. The van der Waals surface area contributed by atoms with E-state index in [0.717, 1.165) is 0 Å². The third-order valence-corrected chi connectivity index (χ3v) is 1.15. The molecule has 0 aromatic carbocycles. The van der Waals surface area contributed by atoms with E-state index in [9.17, 15) is 9.59 Å². The Labute approximate surface area is 70.5 Å². The second-order valence-corrected chi connectivity index (χ2v) is 2.45. The minimum atomic E-state index is -0.896. The summed E-state index contributed by atoms with van der Waals surface area (Å²) in [5, 5.41) is 8.22. The first-order valence-electron chi connectivity index (χ1n) is 3.68. The maximum atomic E-state index is 10.7. The molecule has 5 nitrogen and oxygen atoms in total. The molecule has 0 saturated carbocycles. The highest BCUT2D eigenvalue weighted by atomic mass is 16.5. The van der Waals surface area contributed by atoms with Crippen LogP contribution in [0.4, 0.5) is 0 Å². The van der Waals surface area contributed by atoms with Crippen LogP contribution in [0.1, 0.15) is 19.8 Å². The average Bonchev–Trinajstić information content (AvgIpc) is 1.97. The molecular formula is C7H13NO4. The molecule has 0 aliphatic rings. The number of hydrogen-bond donors (Lipinski definition) is 2. The van der Waals surface area contributed by atoms with Crippen LogP contribution in [0, 0.1) is 0 Å². The molecule has 1 atom stereocenters. The second-order valence-electron chi connectivity index (χ2n) is 2.45. The molecule has 0 spiro atoms. The van der Waals surface area contributed by atoms with Crippen LogP contribution in [0.3, 0.4) is 0 Å². The summed E-state index contributed by atoms with van der Waals surface area (Å²) < 4.78 is 4.63. The van der Waals surface area contributed by atoms with Crippen LogP contribution < -0.4 is 5.73 Å². The Hall–Kier alpha value is -1.10. The van der Waals surface area contributed by atoms with Crippen LogP contribution in [-0.4, -0.2) is 29.7 Å². The van der Waals surface area contributed by atoms with Crippen molar-refractivity contribution < 1.29 is 19.4 Å². The third-order valence-electron chi connectivity index (χ3n) is 1.15. The molecule has 0 radical (unpaired) electrons. The van der Waals surface area contributed by atoms with E-state index in [1.165, 1.54) is 6.92 Å². The van der Waals surface area contributed by atoms with Crippen molar-refractivity contribution in [2.45, 2.75) is 25.8 Å². The largest absolute Gasteiger partial charge is 0.481 e. The Morgan fingerprint density at radius 1 is 1.58 bits per heavy atom. The number of esters is 1. The van der Waals surface area contributed by atoms with Gasteiger partial charge in [-0.1, -0.05) is 0 Å². The minimum absolute atomic E-state index is 0.00618. The first kappa shape index (κ1) is 10.9. The van der Waals surface area contributed by atoms with Gasteiger partial charge in [0, 0.05) is 6.42 Å². The summed E-state index contributed by atoms with van der Waals surface area (Å²) in [5.74, 6) is -1.40. The van der Waals surface area contributed by atoms with E-state index >= 15 is 0 Å². The number of aliphatic carboxylic acids is 1. The quantitative estimate of drug-likeness (QED) is 0.444. The monoisotopic (exact) mass is 175 g/mol. The number of carboxylic acids is 1. The van der Waals surface area contributed by atoms with Gasteiger partial charge in [-0.3, -0.25) is 9.59 Å². The predicted molar refractivity (Wildman–Crippen MR) is 41.5 cm³/mol. The van der Waals surface area contributed by atoms with E-state index in [1.807, 2.05) is 0 Å². The van der Waals surface area contributed by atoms with Crippen molar-refractivity contribution in [2.24, 2.45) is 5.73 Å². The van der Waals surface area contributed by atoms with Crippen LogP contribution in [0.25, 0.3) is 0 Å². The maximum Gasteiger partial charge on any atom is 0.322 e. The van der Waals surface area contributed by atoms with Crippen molar-refractivity contribution in [1.82, 2.24) is 0 Å². The molecule has 0 bridgehead atoms. The standard InChI is InChI=1S/C7H13NO4/c1-5(8)7(11)12-4-2-3-6(9)10/h5H,2-4,8H2,1H3,(H,9,10). The van der Waals surface area contributed by atoms with Gasteiger partial charge in [0.25, 0.3) is 0 Å². The molecule has 0 aromatic rings. The van der Waals surface area contributed by atoms with Crippen LogP contribution in [-0.2, 0) is 14.3 Å². The highest BCUT2D eigenvalue weighted by Crippen LogP contribution is 1.91. The fraction of sp³-hybridized carbons (Fsp3) is 0.714. The summed E-state index contributed by atoms with van der Waals surface area (Å²) in [7, 11) is 0. The predicted octanol–water partition coefficient (Wildman–Crippen LogP) is -0.258. The topological polar surface area (TPSA) is 89.6 Å². The molecule has 0 amide bonds. The molecule has 1 unspecified atom stereocenters. The fourth-order valence-electron chi connectivity index (χ4n) is 0.528. The van der Waals surface area contributed by atoms with E-state index < -0.39 is 18.0 Å². The lowest BCUT2D eigenvalue weighted by Gasteiger charge is -2.05. The molecule has 5 heteroatoms. The number of carbonyl (C=O) groups is 2. The van der Waals surface area contributed by atoms with Crippen LogP contribution in [0.2, 0.25) is 0 Å². The van der Waals surface area contributed by atoms with Crippen LogP contribution in [0.15, 0.2) is 0 Å². The maximum absolute atomic E-state index is 10.7. The van der Waals surface area contributed by atoms with E-state index in [2.05, 4.69) is 4.74 Å². The Morgan fingerprint density at radius 3 is 2.58 bits per heavy atom. The van der Waals surface area contributed by atoms with Gasteiger partial charge in [-0.25, -0.2) is 0 Å². The molecule has 0 heterocycles. The van der Waals surface area contributed by atoms with Gasteiger partial charge in [0.1, 0.15) is 6.04 Å². The van der Waals surface area contributed by atoms with Gasteiger partial charge in [0.05, 0.1) is 6.61 Å². The molecule has 3 N–H and O–H groups in total. The fourth-order valence-corrected chi connectivity index (χ4v) is 0.528. The lowest BCUT2D eigenvalue weighted by atomic mass is 10.3. The molecule has 0 fully saturated rings. The first-order chi connectivity index (χ1) is 5.54. The van der Waals surface area contributed by atoms with E-state index in [-0.39, 0.29) is 13.0 Å².